The van der Waals surface area contributed by atoms with Crippen molar-refractivity contribution in [2.24, 2.45) is 0 Å². The van der Waals surface area contributed by atoms with Gasteiger partial charge in [0.25, 0.3) is 0 Å². The van der Waals surface area contributed by atoms with Crippen LogP contribution in [-0.4, -0.2) is 97.7 Å². The van der Waals surface area contributed by atoms with E-state index in [2.05, 4.69) is 35.3 Å². The zero-order valence-electron chi connectivity index (χ0n) is 35.9. The minimum absolute atomic E-state index is 0.122. The van der Waals surface area contributed by atoms with Gasteiger partial charge < -0.3 is 25.2 Å². The maximum absolute atomic E-state index is 13.2. The molecular formula is C44H45F5N10O5S2. The Morgan fingerprint density at radius 3 is 1.52 bits per heavy atom. The predicted octanol–water partition coefficient (Wildman–Crippen LogP) is 7.91. The number of hydrogen-bond donors (Lipinski definition) is 2. The van der Waals surface area contributed by atoms with E-state index in [9.17, 15) is 38.8 Å². The van der Waals surface area contributed by atoms with Gasteiger partial charge in [0, 0.05) is 74.2 Å². The number of anilines is 6. The van der Waals surface area contributed by atoms with Gasteiger partial charge in [-0.3, -0.25) is 0 Å². The Morgan fingerprint density at radius 2 is 1.00 bits per heavy atom. The molecule has 4 heterocycles. The number of hydrogen-bond acceptors (Lipinski definition) is 13. The maximum atomic E-state index is 13.2. The van der Waals surface area contributed by atoms with Crippen molar-refractivity contribution >= 4 is 55.0 Å². The maximum Gasteiger partial charge on any atom is 0.573 e. The number of rotatable bonds is 11. The molecule has 15 nitrogen and oxygen atoms in total. The van der Waals surface area contributed by atoms with Crippen molar-refractivity contribution in [3.05, 3.63) is 138 Å². The number of aromatic nitrogens is 4. The van der Waals surface area contributed by atoms with E-state index in [-0.39, 0.29) is 41.2 Å². The van der Waals surface area contributed by atoms with Crippen LogP contribution >= 0.6 is 0 Å². The summed E-state index contributed by atoms with van der Waals surface area (Å²) in [5.74, 6) is 0.781. The molecule has 0 radical (unpaired) electrons. The van der Waals surface area contributed by atoms with Gasteiger partial charge >= 0.3 is 6.36 Å². The number of ether oxygens (including phenoxy) is 1. The topological polar surface area (TPSA) is 166 Å². The molecule has 2 aromatic heterocycles. The summed E-state index contributed by atoms with van der Waals surface area (Å²) in [5, 5.41) is 6.24. The van der Waals surface area contributed by atoms with Gasteiger partial charge in [-0.05, 0) is 112 Å². The Kier molecular flexibility index (Phi) is 14.3. The lowest BCUT2D eigenvalue weighted by Gasteiger charge is -2.22. The molecule has 8 rings (SSSR count). The molecule has 0 unspecified atom stereocenters. The number of alkyl halides is 3. The van der Waals surface area contributed by atoms with Crippen LogP contribution in [0, 0.1) is 32.4 Å². The quantitative estimate of drug-likeness (QED) is 0.121. The standard InChI is InChI=1S/C23H23F4N5O3S.C21H22FN5O2S/c1-16-15-21(29-18-5-3-17(24)4-6-18)30-22(28-16)31-11-2-12-32(14-13-31)36(33,34)20-9-7-19(8-10-20)35-23(25,26)27;1-15-3-9-19(10-4-15)30(28,29)27-12-11-26(14-27)21-23-16(2)13-20(25-21)24-18-7-5-17(22)6-8-18/h3-10,15H,2,11-14H2,1H3,(H,28,29,30);3-10,13H,11-12,14H2,1-2H3,(H,23,24,25). The fourth-order valence-electron chi connectivity index (χ4n) is 6.96. The van der Waals surface area contributed by atoms with Crippen LogP contribution in [0.1, 0.15) is 23.4 Å². The molecule has 0 spiro atoms. The number of nitrogens with zero attached hydrogens (tertiary/aromatic N) is 8. The predicted molar refractivity (Wildman–Crippen MR) is 239 cm³/mol. The highest BCUT2D eigenvalue weighted by Gasteiger charge is 2.34. The van der Waals surface area contributed by atoms with Gasteiger partial charge in [0.2, 0.25) is 31.9 Å². The molecule has 66 heavy (non-hydrogen) atoms. The minimum atomic E-state index is -4.86. The van der Waals surface area contributed by atoms with Crippen molar-refractivity contribution in [3.8, 4) is 5.75 Å². The first-order valence-electron chi connectivity index (χ1n) is 20.5. The molecule has 348 valence electrons. The summed E-state index contributed by atoms with van der Waals surface area (Å²) < 4.78 is 122. The number of nitrogens with one attached hydrogen (secondary N) is 2. The first-order chi connectivity index (χ1) is 31.3. The molecule has 2 aliphatic rings. The van der Waals surface area contributed by atoms with Crippen molar-refractivity contribution in [1.29, 1.82) is 0 Å². The smallest absolute Gasteiger partial charge is 0.406 e. The van der Waals surface area contributed by atoms with Crippen LogP contribution in [0.3, 0.4) is 0 Å². The van der Waals surface area contributed by atoms with Crippen molar-refractivity contribution < 1.29 is 43.5 Å². The molecule has 2 aliphatic heterocycles. The molecule has 0 saturated carbocycles. The monoisotopic (exact) mass is 952 g/mol. The van der Waals surface area contributed by atoms with Gasteiger partial charge in [-0.1, -0.05) is 17.7 Å². The van der Waals surface area contributed by atoms with Gasteiger partial charge in [-0.2, -0.15) is 18.6 Å². The summed E-state index contributed by atoms with van der Waals surface area (Å²) in [4.78, 5) is 21.9. The highest BCUT2D eigenvalue weighted by molar-refractivity contribution is 7.89. The van der Waals surface area contributed by atoms with Crippen molar-refractivity contribution in [2.45, 2.75) is 43.3 Å². The number of sulfonamides is 2. The molecular weight excluding hydrogens is 908 g/mol. The van der Waals surface area contributed by atoms with E-state index in [4.69, 9.17) is 0 Å². The van der Waals surface area contributed by atoms with E-state index < -0.39 is 32.2 Å². The molecule has 0 aliphatic carbocycles. The minimum Gasteiger partial charge on any atom is -0.406 e. The SMILES string of the molecule is Cc1cc(Nc2ccc(F)cc2)nc(N2CCCN(S(=O)(=O)c3ccc(OC(F)(F)F)cc3)CC2)n1.Cc1ccc(S(=O)(=O)N2CCN(c3nc(C)cc(Nc4ccc(F)cc4)n3)C2)cc1. The molecule has 0 amide bonds. The van der Waals surface area contributed by atoms with E-state index in [1.807, 2.05) is 30.6 Å². The van der Waals surface area contributed by atoms with E-state index >= 15 is 0 Å². The third-order valence-corrected chi connectivity index (χ3v) is 14.0. The average molecular weight is 953 g/mol. The number of benzene rings is 4. The van der Waals surface area contributed by atoms with Crippen LogP contribution in [0.5, 0.6) is 5.75 Å². The average Bonchev–Trinajstić information content (AvgIpc) is 3.64. The molecule has 22 heteroatoms. The second kappa shape index (κ2) is 19.9. The highest BCUT2D eigenvalue weighted by atomic mass is 32.2. The van der Waals surface area contributed by atoms with Crippen LogP contribution in [0.25, 0.3) is 0 Å². The van der Waals surface area contributed by atoms with E-state index in [0.717, 1.165) is 35.5 Å². The van der Waals surface area contributed by atoms with Crippen molar-refractivity contribution in [3.63, 3.8) is 0 Å². The van der Waals surface area contributed by atoms with Crippen LogP contribution in [0.2, 0.25) is 0 Å². The Labute approximate surface area is 379 Å². The molecule has 2 N–H and O–H groups in total. The first-order valence-corrected chi connectivity index (χ1v) is 23.4. The summed E-state index contributed by atoms with van der Waals surface area (Å²) in [7, 11) is -7.51. The zero-order valence-corrected chi connectivity index (χ0v) is 37.5. The second-order valence-corrected chi connectivity index (χ2v) is 19.2. The lowest BCUT2D eigenvalue weighted by molar-refractivity contribution is -0.274. The third-order valence-electron chi connectivity index (χ3n) is 10.2. The van der Waals surface area contributed by atoms with Gasteiger partial charge in [0.05, 0.1) is 16.5 Å². The van der Waals surface area contributed by atoms with E-state index in [1.165, 1.54) is 32.9 Å². The van der Waals surface area contributed by atoms with Crippen LogP contribution in [-0.2, 0) is 20.0 Å². The van der Waals surface area contributed by atoms with E-state index in [0.29, 0.717) is 73.2 Å². The lowest BCUT2D eigenvalue weighted by atomic mass is 10.2. The summed E-state index contributed by atoms with van der Waals surface area (Å²) >= 11 is 0. The Bertz CT molecular complexity index is 2850. The van der Waals surface area contributed by atoms with Crippen molar-refractivity contribution in [2.75, 3.05) is 66.4 Å². The highest BCUT2D eigenvalue weighted by Crippen LogP contribution is 2.28. The summed E-state index contributed by atoms with van der Waals surface area (Å²) in [6.07, 6.45) is -4.37. The normalized spacial score (nSPS) is 15.2. The lowest BCUT2D eigenvalue weighted by Crippen LogP contribution is -2.35. The second-order valence-electron chi connectivity index (χ2n) is 15.3. The van der Waals surface area contributed by atoms with Crippen LogP contribution in [0.4, 0.5) is 56.9 Å². The molecule has 2 saturated heterocycles. The number of halogens is 5. The molecule has 0 bridgehead atoms. The first kappa shape index (κ1) is 47.5. The summed E-state index contributed by atoms with van der Waals surface area (Å²) in [5.41, 5.74) is 3.79. The Balaban J connectivity index is 0.000000199. The number of aryl methyl sites for hydroxylation is 3. The molecule has 2 fully saturated rings. The molecule has 0 atom stereocenters. The largest absolute Gasteiger partial charge is 0.573 e. The van der Waals surface area contributed by atoms with Crippen molar-refractivity contribution in [1.82, 2.24) is 28.5 Å². The zero-order chi connectivity index (χ0) is 47.2. The summed E-state index contributed by atoms with van der Waals surface area (Å²) in [6.45, 7) is 7.78. The van der Waals surface area contributed by atoms with Gasteiger partial charge in [-0.25, -0.2) is 35.6 Å². The van der Waals surface area contributed by atoms with Gasteiger partial charge in [0.15, 0.2) is 0 Å². The van der Waals surface area contributed by atoms with Crippen LogP contribution < -0.4 is 25.2 Å². The van der Waals surface area contributed by atoms with Gasteiger partial charge in [-0.15, -0.1) is 13.2 Å². The van der Waals surface area contributed by atoms with E-state index in [1.54, 1.807) is 60.7 Å². The third kappa shape index (κ3) is 12.2. The summed E-state index contributed by atoms with van der Waals surface area (Å²) in [6, 6.07) is 26.3. The fraction of sp³-hybridized carbons (Fsp3) is 0.273. The Hall–Kier alpha value is -6.49. The molecule has 4 aromatic carbocycles. The Morgan fingerprint density at radius 1 is 0.545 bits per heavy atom. The fourth-order valence-corrected chi connectivity index (χ4v) is 9.82. The van der Waals surface area contributed by atoms with Crippen LogP contribution in [0.15, 0.2) is 119 Å². The van der Waals surface area contributed by atoms with Gasteiger partial charge in [0.1, 0.15) is 29.0 Å². The molecule has 6 aromatic rings.